The Morgan fingerprint density at radius 2 is 1.77 bits per heavy atom. The molecule has 1 aromatic rings. The maximum absolute atomic E-state index is 12.5. The molecule has 6 heteroatoms. The van der Waals surface area contributed by atoms with Crippen molar-refractivity contribution >= 4 is 40.7 Å². The van der Waals surface area contributed by atoms with Crippen LogP contribution in [0.3, 0.4) is 0 Å². The summed E-state index contributed by atoms with van der Waals surface area (Å²) in [5, 5.41) is 6.65. The van der Waals surface area contributed by atoms with Crippen LogP contribution in [-0.4, -0.2) is 17.9 Å². The van der Waals surface area contributed by atoms with Gasteiger partial charge < -0.3 is 10.6 Å². The fourth-order valence-electron chi connectivity index (χ4n) is 2.91. The van der Waals surface area contributed by atoms with Crippen LogP contribution in [0.5, 0.6) is 0 Å². The van der Waals surface area contributed by atoms with E-state index in [1.54, 1.807) is 18.2 Å². The van der Waals surface area contributed by atoms with E-state index in [2.05, 4.69) is 10.6 Å². The van der Waals surface area contributed by atoms with Crippen molar-refractivity contribution in [3.05, 3.63) is 28.2 Å². The first-order valence-electron chi connectivity index (χ1n) is 7.59. The monoisotopic (exact) mass is 340 g/mol. The Kier molecular flexibility index (Phi) is 4.33. The van der Waals surface area contributed by atoms with Crippen molar-refractivity contribution in [1.82, 2.24) is 5.32 Å². The van der Waals surface area contributed by atoms with Gasteiger partial charge in [-0.3, -0.25) is 9.59 Å². The van der Waals surface area contributed by atoms with Crippen molar-refractivity contribution in [3.8, 4) is 0 Å². The van der Waals surface area contributed by atoms with E-state index in [1.807, 2.05) is 0 Å². The third-order valence-electron chi connectivity index (χ3n) is 4.49. The number of carbonyl (C=O) groups is 2. The maximum atomic E-state index is 12.5. The first-order chi connectivity index (χ1) is 10.5. The third kappa shape index (κ3) is 3.08. The van der Waals surface area contributed by atoms with Crippen LogP contribution >= 0.6 is 23.2 Å². The Hall–Kier alpha value is -1.26. The highest BCUT2D eigenvalue weighted by Gasteiger charge is 2.56. The summed E-state index contributed by atoms with van der Waals surface area (Å²) in [5.74, 6) is -0.436. The lowest BCUT2D eigenvalue weighted by Crippen LogP contribution is -2.43. The van der Waals surface area contributed by atoms with Crippen molar-refractivity contribution in [1.29, 1.82) is 0 Å². The van der Waals surface area contributed by atoms with Gasteiger partial charge in [-0.15, -0.1) is 0 Å². The summed E-state index contributed by atoms with van der Waals surface area (Å²) in [6, 6.07) is 5.09. The number of anilines is 1. The minimum absolute atomic E-state index is 0.151. The Labute approximate surface area is 139 Å². The third-order valence-corrected chi connectivity index (χ3v) is 5.04. The van der Waals surface area contributed by atoms with Gasteiger partial charge in [-0.2, -0.15) is 0 Å². The molecule has 0 saturated heterocycles. The minimum atomic E-state index is -0.925. The minimum Gasteiger partial charge on any atom is -0.352 e. The summed E-state index contributed by atoms with van der Waals surface area (Å²) in [4.78, 5) is 24.9. The highest BCUT2D eigenvalue weighted by Crippen LogP contribution is 2.47. The molecule has 0 aliphatic heterocycles. The van der Waals surface area contributed by atoms with Gasteiger partial charge in [-0.1, -0.05) is 36.0 Å². The van der Waals surface area contributed by atoms with Gasteiger partial charge in [0.2, 0.25) is 11.8 Å². The molecule has 118 valence electrons. The molecule has 2 N–H and O–H groups in total. The van der Waals surface area contributed by atoms with E-state index in [4.69, 9.17) is 23.2 Å². The van der Waals surface area contributed by atoms with E-state index in [0.717, 1.165) is 25.7 Å². The smallest absolute Gasteiger partial charge is 0.240 e. The van der Waals surface area contributed by atoms with Crippen LogP contribution in [0.1, 0.15) is 38.5 Å². The lowest BCUT2D eigenvalue weighted by atomic mass is 10.0. The molecule has 2 aliphatic carbocycles. The van der Waals surface area contributed by atoms with Gasteiger partial charge in [-0.25, -0.2) is 0 Å². The molecule has 0 spiro atoms. The van der Waals surface area contributed by atoms with Crippen molar-refractivity contribution in [2.75, 3.05) is 5.32 Å². The molecule has 3 rings (SSSR count). The summed E-state index contributed by atoms with van der Waals surface area (Å²) in [5.41, 5.74) is -0.443. The lowest BCUT2D eigenvalue weighted by molar-refractivity contribution is -0.134. The second-order valence-corrected chi connectivity index (χ2v) is 6.96. The predicted molar refractivity (Wildman–Crippen MR) is 87.2 cm³/mol. The highest BCUT2D eigenvalue weighted by atomic mass is 35.5. The van der Waals surface area contributed by atoms with E-state index >= 15 is 0 Å². The molecular formula is C16H18Cl2N2O2. The van der Waals surface area contributed by atoms with Crippen molar-refractivity contribution in [3.63, 3.8) is 0 Å². The average molecular weight is 341 g/mol. The largest absolute Gasteiger partial charge is 0.352 e. The molecule has 2 aliphatic rings. The molecule has 0 aromatic heterocycles. The van der Waals surface area contributed by atoms with Crippen LogP contribution in [0, 0.1) is 5.41 Å². The molecule has 2 fully saturated rings. The zero-order valence-corrected chi connectivity index (χ0v) is 13.6. The van der Waals surface area contributed by atoms with Gasteiger partial charge in [0, 0.05) is 11.1 Å². The fraction of sp³-hybridized carbons (Fsp3) is 0.500. The molecule has 1 aromatic carbocycles. The maximum Gasteiger partial charge on any atom is 0.240 e. The summed E-state index contributed by atoms with van der Waals surface area (Å²) in [6.45, 7) is 0. The van der Waals surface area contributed by atoms with Crippen LogP contribution < -0.4 is 10.6 Å². The fourth-order valence-corrected chi connectivity index (χ4v) is 3.36. The molecule has 4 nitrogen and oxygen atoms in total. The zero-order valence-electron chi connectivity index (χ0n) is 12.1. The van der Waals surface area contributed by atoms with Gasteiger partial charge in [0.1, 0.15) is 5.41 Å². The number of rotatable bonds is 4. The SMILES string of the molecule is O=C(Nc1ccc(Cl)cc1Cl)C1(C(=O)NC2CCCC2)CC1. The molecule has 0 radical (unpaired) electrons. The topological polar surface area (TPSA) is 58.2 Å². The summed E-state index contributed by atoms with van der Waals surface area (Å²) in [6.07, 6.45) is 5.47. The Bertz CT molecular complexity index is 608. The summed E-state index contributed by atoms with van der Waals surface area (Å²) >= 11 is 11.9. The number of nitrogens with one attached hydrogen (secondary N) is 2. The number of carbonyl (C=O) groups excluding carboxylic acids is 2. The van der Waals surface area contributed by atoms with Crippen LogP contribution in [0.2, 0.25) is 10.0 Å². The molecule has 0 heterocycles. The number of benzene rings is 1. The number of hydrogen-bond acceptors (Lipinski definition) is 2. The zero-order chi connectivity index (χ0) is 15.7. The second kappa shape index (κ2) is 6.09. The van der Waals surface area contributed by atoms with Crippen molar-refractivity contribution in [2.45, 2.75) is 44.6 Å². The summed E-state index contributed by atoms with van der Waals surface area (Å²) in [7, 11) is 0. The Balaban J connectivity index is 1.66. The highest BCUT2D eigenvalue weighted by molar-refractivity contribution is 6.36. The van der Waals surface area contributed by atoms with Gasteiger partial charge in [0.05, 0.1) is 10.7 Å². The van der Waals surface area contributed by atoms with Gasteiger partial charge in [-0.05, 0) is 43.9 Å². The number of amides is 2. The van der Waals surface area contributed by atoms with E-state index in [0.29, 0.717) is 28.6 Å². The summed E-state index contributed by atoms with van der Waals surface area (Å²) < 4.78 is 0. The van der Waals surface area contributed by atoms with E-state index in [9.17, 15) is 9.59 Å². The molecule has 2 amide bonds. The number of hydrogen-bond donors (Lipinski definition) is 2. The second-order valence-electron chi connectivity index (χ2n) is 6.12. The van der Waals surface area contributed by atoms with Crippen LogP contribution in [0.15, 0.2) is 18.2 Å². The quantitative estimate of drug-likeness (QED) is 0.819. The molecule has 0 bridgehead atoms. The van der Waals surface area contributed by atoms with Gasteiger partial charge >= 0.3 is 0 Å². The first kappa shape index (κ1) is 15.6. The van der Waals surface area contributed by atoms with E-state index < -0.39 is 5.41 Å². The van der Waals surface area contributed by atoms with Crippen molar-refractivity contribution < 1.29 is 9.59 Å². The first-order valence-corrected chi connectivity index (χ1v) is 8.34. The van der Waals surface area contributed by atoms with Crippen LogP contribution in [0.25, 0.3) is 0 Å². The normalized spacial score (nSPS) is 19.7. The van der Waals surface area contributed by atoms with Crippen molar-refractivity contribution in [2.24, 2.45) is 5.41 Å². The molecule has 0 atom stereocenters. The standard InChI is InChI=1S/C16H18Cl2N2O2/c17-10-5-6-13(12(18)9-10)20-15(22)16(7-8-16)14(21)19-11-3-1-2-4-11/h5-6,9,11H,1-4,7-8H2,(H,19,21)(H,20,22). The molecular weight excluding hydrogens is 323 g/mol. The lowest BCUT2D eigenvalue weighted by Gasteiger charge is -2.19. The molecule has 0 unspecified atom stereocenters. The Morgan fingerprint density at radius 3 is 2.36 bits per heavy atom. The van der Waals surface area contributed by atoms with E-state index in [1.165, 1.54) is 0 Å². The number of halogens is 2. The van der Waals surface area contributed by atoms with Gasteiger partial charge in [0.15, 0.2) is 0 Å². The van der Waals surface area contributed by atoms with Crippen LogP contribution in [-0.2, 0) is 9.59 Å². The van der Waals surface area contributed by atoms with Gasteiger partial charge in [0.25, 0.3) is 0 Å². The van der Waals surface area contributed by atoms with E-state index in [-0.39, 0.29) is 17.9 Å². The average Bonchev–Trinajstić information content (AvgIpc) is 3.15. The predicted octanol–water partition coefficient (Wildman–Crippen LogP) is 3.77. The molecule has 22 heavy (non-hydrogen) atoms. The molecule has 2 saturated carbocycles. The Morgan fingerprint density at radius 1 is 1.09 bits per heavy atom. The van der Waals surface area contributed by atoms with Crippen LogP contribution in [0.4, 0.5) is 5.69 Å².